The topological polar surface area (TPSA) is 73.1 Å². The van der Waals surface area contributed by atoms with E-state index in [1.165, 1.54) is 0 Å². The van der Waals surface area contributed by atoms with Crippen molar-refractivity contribution in [1.29, 1.82) is 0 Å². The van der Waals surface area contributed by atoms with Crippen molar-refractivity contribution in [3.05, 3.63) is 18.0 Å². The number of anilines is 1. The van der Waals surface area contributed by atoms with Gasteiger partial charge in [0.1, 0.15) is 0 Å². The van der Waals surface area contributed by atoms with Crippen LogP contribution in [0.4, 0.5) is 5.95 Å². The first kappa shape index (κ1) is 9.36. The fourth-order valence-corrected chi connectivity index (χ4v) is 1.40. The summed E-state index contributed by atoms with van der Waals surface area (Å²) in [5, 5.41) is 3.16. The Morgan fingerprint density at radius 1 is 1.57 bits per heavy atom. The number of aromatic nitrogens is 2. The molecular formula is C9H14N4O. The molecule has 2 rings (SSSR count). The molecule has 3 N–H and O–H groups in total. The van der Waals surface area contributed by atoms with Crippen LogP contribution in [0.3, 0.4) is 0 Å². The van der Waals surface area contributed by atoms with Crippen LogP contribution in [0.2, 0.25) is 0 Å². The number of nitrogens with zero attached hydrogens (tertiary/aromatic N) is 2. The first-order valence-electron chi connectivity index (χ1n) is 4.65. The van der Waals surface area contributed by atoms with E-state index in [9.17, 15) is 0 Å². The van der Waals surface area contributed by atoms with E-state index in [1.54, 1.807) is 6.20 Å². The van der Waals surface area contributed by atoms with E-state index >= 15 is 0 Å². The van der Waals surface area contributed by atoms with Gasteiger partial charge in [-0.25, -0.2) is 9.97 Å². The highest BCUT2D eigenvalue weighted by molar-refractivity contribution is 5.27. The van der Waals surface area contributed by atoms with Gasteiger partial charge in [-0.15, -0.1) is 0 Å². The van der Waals surface area contributed by atoms with Crippen molar-refractivity contribution in [2.24, 2.45) is 5.73 Å². The summed E-state index contributed by atoms with van der Waals surface area (Å²) in [7, 11) is 0. The van der Waals surface area contributed by atoms with Gasteiger partial charge in [-0.1, -0.05) is 0 Å². The minimum atomic E-state index is 0.0270. The standard InChI is InChI=1S/C9H14N4O/c1-6-2-3-11-9(12-6)13-8-5-14-4-7(8)10/h2-3,7-8H,4-5,10H2,1H3,(H,11,12,13). The Morgan fingerprint density at radius 2 is 2.43 bits per heavy atom. The molecular weight excluding hydrogens is 180 g/mol. The Balaban J connectivity index is 2.03. The van der Waals surface area contributed by atoms with E-state index in [-0.39, 0.29) is 12.1 Å². The molecule has 2 atom stereocenters. The summed E-state index contributed by atoms with van der Waals surface area (Å²) in [6.45, 7) is 3.15. The summed E-state index contributed by atoms with van der Waals surface area (Å²) in [6.07, 6.45) is 1.73. The van der Waals surface area contributed by atoms with Crippen LogP contribution >= 0.6 is 0 Å². The molecule has 14 heavy (non-hydrogen) atoms. The van der Waals surface area contributed by atoms with Gasteiger partial charge in [0.05, 0.1) is 25.3 Å². The Morgan fingerprint density at radius 3 is 3.07 bits per heavy atom. The van der Waals surface area contributed by atoms with Crippen molar-refractivity contribution in [2.45, 2.75) is 19.0 Å². The maximum Gasteiger partial charge on any atom is 0.223 e. The molecule has 0 saturated carbocycles. The summed E-state index contributed by atoms with van der Waals surface area (Å²) < 4.78 is 5.23. The van der Waals surface area contributed by atoms with Gasteiger partial charge in [0.15, 0.2) is 0 Å². The Kier molecular flexibility index (Phi) is 2.60. The van der Waals surface area contributed by atoms with Gasteiger partial charge in [-0.05, 0) is 13.0 Å². The van der Waals surface area contributed by atoms with Crippen LogP contribution < -0.4 is 11.1 Å². The molecule has 1 saturated heterocycles. The zero-order valence-corrected chi connectivity index (χ0v) is 8.10. The maximum atomic E-state index is 5.82. The molecule has 0 aliphatic carbocycles. The number of nitrogens with two attached hydrogens (primary N) is 1. The monoisotopic (exact) mass is 194 g/mol. The van der Waals surface area contributed by atoms with E-state index in [1.807, 2.05) is 13.0 Å². The third-order valence-electron chi connectivity index (χ3n) is 2.23. The van der Waals surface area contributed by atoms with Crippen molar-refractivity contribution in [2.75, 3.05) is 18.5 Å². The lowest BCUT2D eigenvalue weighted by molar-refractivity contribution is 0.192. The molecule has 0 bridgehead atoms. The van der Waals surface area contributed by atoms with Crippen LogP contribution in [0.25, 0.3) is 0 Å². The summed E-state index contributed by atoms with van der Waals surface area (Å²) in [6, 6.07) is 2.01. The quantitative estimate of drug-likeness (QED) is 0.689. The number of hydrogen-bond acceptors (Lipinski definition) is 5. The highest BCUT2D eigenvalue weighted by Crippen LogP contribution is 2.08. The molecule has 1 aromatic heterocycles. The van der Waals surface area contributed by atoms with Crippen molar-refractivity contribution in [1.82, 2.24) is 9.97 Å². The van der Waals surface area contributed by atoms with Crippen LogP contribution in [-0.2, 0) is 4.74 Å². The molecule has 0 radical (unpaired) electrons. The molecule has 5 heteroatoms. The fourth-order valence-electron chi connectivity index (χ4n) is 1.40. The van der Waals surface area contributed by atoms with Gasteiger partial charge >= 0.3 is 0 Å². The van der Waals surface area contributed by atoms with E-state index < -0.39 is 0 Å². The predicted molar refractivity (Wildman–Crippen MR) is 53.0 cm³/mol. The first-order valence-corrected chi connectivity index (χ1v) is 4.65. The predicted octanol–water partition coefficient (Wildman–Crippen LogP) is -0.0770. The Bertz CT molecular complexity index is 317. The van der Waals surface area contributed by atoms with Crippen LogP contribution in [0.1, 0.15) is 5.69 Å². The Labute approximate surface area is 82.7 Å². The van der Waals surface area contributed by atoms with Crippen LogP contribution in [-0.4, -0.2) is 35.3 Å². The summed E-state index contributed by atoms with van der Waals surface area (Å²) in [4.78, 5) is 8.34. The van der Waals surface area contributed by atoms with E-state index in [4.69, 9.17) is 10.5 Å². The molecule has 1 fully saturated rings. The zero-order chi connectivity index (χ0) is 9.97. The number of hydrogen-bond donors (Lipinski definition) is 2. The van der Waals surface area contributed by atoms with Gasteiger partial charge < -0.3 is 15.8 Å². The average Bonchev–Trinajstić information content (AvgIpc) is 2.52. The summed E-state index contributed by atoms with van der Waals surface area (Å²) in [5.74, 6) is 0.621. The number of ether oxygens (including phenoxy) is 1. The van der Waals surface area contributed by atoms with Gasteiger partial charge in [-0.3, -0.25) is 0 Å². The van der Waals surface area contributed by atoms with Gasteiger partial charge in [0.25, 0.3) is 0 Å². The van der Waals surface area contributed by atoms with Gasteiger partial charge in [0.2, 0.25) is 5.95 Å². The molecule has 1 aliphatic rings. The van der Waals surface area contributed by atoms with Crippen molar-refractivity contribution >= 4 is 5.95 Å². The van der Waals surface area contributed by atoms with Crippen molar-refractivity contribution < 1.29 is 4.74 Å². The van der Waals surface area contributed by atoms with Gasteiger partial charge in [-0.2, -0.15) is 0 Å². The lowest BCUT2D eigenvalue weighted by Gasteiger charge is -2.14. The summed E-state index contributed by atoms with van der Waals surface area (Å²) >= 11 is 0. The highest BCUT2D eigenvalue weighted by atomic mass is 16.5. The van der Waals surface area contributed by atoms with Crippen LogP contribution in [0.5, 0.6) is 0 Å². The molecule has 5 nitrogen and oxygen atoms in total. The minimum absolute atomic E-state index is 0.0270. The second kappa shape index (κ2) is 3.89. The maximum absolute atomic E-state index is 5.82. The third-order valence-corrected chi connectivity index (χ3v) is 2.23. The molecule has 2 heterocycles. The Hall–Kier alpha value is -1.20. The normalized spacial score (nSPS) is 26.4. The van der Waals surface area contributed by atoms with Crippen molar-refractivity contribution in [3.63, 3.8) is 0 Å². The zero-order valence-electron chi connectivity index (χ0n) is 8.10. The number of aryl methyl sites for hydroxylation is 1. The second-order valence-electron chi connectivity index (χ2n) is 3.47. The minimum Gasteiger partial charge on any atom is -0.378 e. The van der Waals surface area contributed by atoms with Crippen LogP contribution in [0, 0.1) is 6.92 Å². The van der Waals surface area contributed by atoms with Gasteiger partial charge in [0, 0.05) is 11.9 Å². The molecule has 2 unspecified atom stereocenters. The largest absolute Gasteiger partial charge is 0.378 e. The SMILES string of the molecule is Cc1ccnc(NC2COCC2N)n1. The van der Waals surface area contributed by atoms with Crippen LogP contribution in [0.15, 0.2) is 12.3 Å². The number of rotatable bonds is 2. The molecule has 0 spiro atoms. The second-order valence-corrected chi connectivity index (χ2v) is 3.47. The fraction of sp³-hybridized carbons (Fsp3) is 0.556. The van der Waals surface area contributed by atoms with E-state index in [2.05, 4.69) is 15.3 Å². The molecule has 0 amide bonds. The van der Waals surface area contributed by atoms with E-state index in [0.717, 1.165) is 5.69 Å². The number of nitrogens with one attached hydrogen (secondary N) is 1. The molecule has 1 aromatic rings. The third kappa shape index (κ3) is 2.00. The summed E-state index contributed by atoms with van der Waals surface area (Å²) in [5.41, 5.74) is 6.76. The molecule has 0 aromatic carbocycles. The highest BCUT2D eigenvalue weighted by Gasteiger charge is 2.25. The first-order chi connectivity index (χ1) is 6.75. The molecule has 76 valence electrons. The average molecular weight is 194 g/mol. The molecule has 1 aliphatic heterocycles. The lowest BCUT2D eigenvalue weighted by Crippen LogP contribution is -2.39. The van der Waals surface area contributed by atoms with E-state index in [0.29, 0.717) is 19.2 Å². The smallest absolute Gasteiger partial charge is 0.223 e. The van der Waals surface area contributed by atoms with Crippen molar-refractivity contribution in [3.8, 4) is 0 Å². The lowest BCUT2D eigenvalue weighted by atomic mass is 10.2.